The Morgan fingerprint density at radius 2 is 1.79 bits per heavy atom. The summed E-state index contributed by atoms with van der Waals surface area (Å²) in [5, 5.41) is 0. The molecule has 0 aliphatic heterocycles. The van der Waals surface area contributed by atoms with Gasteiger partial charge in [0.2, 0.25) is 0 Å². The van der Waals surface area contributed by atoms with Crippen molar-refractivity contribution in [2.24, 2.45) is 11.7 Å². The standard InChI is InChI=1S/C9H18F3NS/c1-7(2)8(13)5-3-4-6-14-9(10,11)12/h7-8H,3-6,13H2,1-2H3. The molecule has 0 heterocycles. The van der Waals surface area contributed by atoms with E-state index in [1.807, 2.05) is 13.8 Å². The second-order valence-electron chi connectivity index (χ2n) is 3.70. The molecule has 0 fully saturated rings. The lowest BCUT2D eigenvalue weighted by atomic mass is 10.00. The smallest absolute Gasteiger partial charge is 0.327 e. The van der Waals surface area contributed by atoms with Crippen LogP contribution in [-0.2, 0) is 0 Å². The maximum Gasteiger partial charge on any atom is 0.441 e. The van der Waals surface area contributed by atoms with Gasteiger partial charge in [-0.3, -0.25) is 0 Å². The zero-order chi connectivity index (χ0) is 11.2. The highest BCUT2D eigenvalue weighted by Gasteiger charge is 2.27. The van der Waals surface area contributed by atoms with Gasteiger partial charge in [0.25, 0.3) is 0 Å². The number of halogens is 3. The molecule has 1 nitrogen and oxygen atoms in total. The predicted molar refractivity (Wildman–Crippen MR) is 55.2 cm³/mol. The summed E-state index contributed by atoms with van der Waals surface area (Å²) in [7, 11) is 0. The minimum Gasteiger partial charge on any atom is -0.327 e. The number of nitrogens with two attached hydrogens (primary N) is 1. The normalized spacial score (nSPS) is 14.8. The van der Waals surface area contributed by atoms with Crippen molar-refractivity contribution in [3.05, 3.63) is 0 Å². The minimum absolute atomic E-state index is 0.0528. The summed E-state index contributed by atoms with van der Waals surface area (Å²) in [4.78, 5) is 0. The molecule has 0 amide bonds. The fourth-order valence-electron chi connectivity index (χ4n) is 1.00. The van der Waals surface area contributed by atoms with Gasteiger partial charge >= 0.3 is 5.51 Å². The summed E-state index contributed by atoms with van der Waals surface area (Å²) < 4.78 is 35.1. The van der Waals surface area contributed by atoms with Crippen LogP contribution in [0.25, 0.3) is 0 Å². The lowest BCUT2D eigenvalue weighted by molar-refractivity contribution is -0.0328. The van der Waals surface area contributed by atoms with Gasteiger partial charge in [0.1, 0.15) is 0 Å². The van der Waals surface area contributed by atoms with Crippen molar-refractivity contribution in [3.63, 3.8) is 0 Å². The fraction of sp³-hybridized carbons (Fsp3) is 1.00. The monoisotopic (exact) mass is 229 g/mol. The number of rotatable bonds is 6. The van der Waals surface area contributed by atoms with Crippen LogP contribution in [0.3, 0.4) is 0 Å². The van der Waals surface area contributed by atoms with Crippen LogP contribution < -0.4 is 5.73 Å². The molecular formula is C9H18F3NS. The van der Waals surface area contributed by atoms with E-state index in [1.165, 1.54) is 0 Å². The first-order valence-electron chi connectivity index (χ1n) is 4.79. The molecule has 0 aromatic carbocycles. The van der Waals surface area contributed by atoms with Crippen molar-refractivity contribution >= 4 is 11.8 Å². The molecule has 1 unspecified atom stereocenters. The zero-order valence-electron chi connectivity index (χ0n) is 8.60. The molecule has 0 saturated heterocycles. The lowest BCUT2D eigenvalue weighted by Crippen LogP contribution is -2.26. The van der Waals surface area contributed by atoms with Crippen LogP contribution in [0.15, 0.2) is 0 Å². The number of thioether (sulfide) groups is 1. The summed E-state index contributed by atoms with van der Waals surface area (Å²) in [6, 6.07) is 0.117. The van der Waals surface area contributed by atoms with E-state index in [9.17, 15) is 13.2 Å². The van der Waals surface area contributed by atoms with Crippen molar-refractivity contribution in [2.75, 3.05) is 5.75 Å². The molecule has 0 bridgehead atoms. The van der Waals surface area contributed by atoms with Crippen molar-refractivity contribution < 1.29 is 13.2 Å². The Balaban J connectivity index is 3.30. The maximum atomic E-state index is 11.7. The molecule has 0 radical (unpaired) electrons. The fourth-order valence-corrected chi connectivity index (χ4v) is 1.58. The molecule has 0 aromatic rings. The molecule has 0 saturated carbocycles. The zero-order valence-corrected chi connectivity index (χ0v) is 9.42. The largest absolute Gasteiger partial charge is 0.441 e. The maximum absolute atomic E-state index is 11.7. The quantitative estimate of drug-likeness (QED) is 0.706. The van der Waals surface area contributed by atoms with Gasteiger partial charge in [0.15, 0.2) is 0 Å². The Kier molecular flexibility index (Phi) is 6.61. The van der Waals surface area contributed by atoms with Crippen molar-refractivity contribution in [1.82, 2.24) is 0 Å². The highest BCUT2D eigenvalue weighted by atomic mass is 32.2. The van der Waals surface area contributed by atoms with Crippen LogP contribution in [0.2, 0.25) is 0 Å². The minimum atomic E-state index is -4.08. The third kappa shape index (κ3) is 8.69. The summed E-state index contributed by atoms with van der Waals surface area (Å²) >= 11 is 0.0528. The Morgan fingerprint density at radius 3 is 2.21 bits per heavy atom. The third-order valence-electron chi connectivity index (χ3n) is 2.05. The molecular weight excluding hydrogens is 211 g/mol. The van der Waals surface area contributed by atoms with E-state index in [0.717, 1.165) is 12.8 Å². The van der Waals surface area contributed by atoms with E-state index in [-0.39, 0.29) is 23.6 Å². The van der Waals surface area contributed by atoms with Crippen LogP contribution in [0.4, 0.5) is 13.2 Å². The molecule has 5 heteroatoms. The van der Waals surface area contributed by atoms with Gasteiger partial charge in [-0.05, 0) is 18.8 Å². The Bertz CT molecular complexity index is 147. The van der Waals surface area contributed by atoms with Crippen LogP contribution in [0.1, 0.15) is 33.1 Å². The predicted octanol–water partition coefficient (Wildman–Crippen LogP) is 3.39. The second kappa shape index (κ2) is 6.56. The summed E-state index contributed by atoms with van der Waals surface area (Å²) in [5.41, 5.74) is 1.67. The van der Waals surface area contributed by atoms with Gasteiger partial charge in [0.05, 0.1) is 0 Å². The molecule has 0 aromatic heterocycles. The summed E-state index contributed by atoms with van der Waals surface area (Å²) in [5.74, 6) is 0.555. The molecule has 14 heavy (non-hydrogen) atoms. The Morgan fingerprint density at radius 1 is 1.21 bits per heavy atom. The van der Waals surface area contributed by atoms with Crippen molar-refractivity contribution in [1.29, 1.82) is 0 Å². The van der Waals surface area contributed by atoms with Gasteiger partial charge in [-0.15, -0.1) is 0 Å². The summed E-state index contributed by atoms with van der Waals surface area (Å²) in [6.07, 6.45) is 2.18. The lowest BCUT2D eigenvalue weighted by Gasteiger charge is -2.14. The highest BCUT2D eigenvalue weighted by Crippen LogP contribution is 2.30. The third-order valence-corrected chi connectivity index (χ3v) is 2.87. The number of hydrogen-bond acceptors (Lipinski definition) is 2. The van der Waals surface area contributed by atoms with E-state index in [4.69, 9.17) is 5.73 Å². The van der Waals surface area contributed by atoms with Crippen LogP contribution in [-0.4, -0.2) is 17.3 Å². The topological polar surface area (TPSA) is 26.0 Å². The van der Waals surface area contributed by atoms with E-state index in [2.05, 4.69) is 0 Å². The Labute approximate surface area is 87.6 Å². The van der Waals surface area contributed by atoms with Crippen molar-refractivity contribution in [3.8, 4) is 0 Å². The first-order valence-corrected chi connectivity index (χ1v) is 5.77. The SMILES string of the molecule is CC(C)C(N)CCCCSC(F)(F)F. The number of hydrogen-bond donors (Lipinski definition) is 1. The molecule has 0 aliphatic rings. The average Bonchev–Trinajstić information content (AvgIpc) is 2.01. The van der Waals surface area contributed by atoms with E-state index in [0.29, 0.717) is 12.3 Å². The first-order chi connectivity index (χ1) is 6.33. The highest BCUT2D eigenvalue weighted by molar-refractivity contribution is 8.00. The van der Waals surface area contributed by atoms with E-state index < -0.39 is 5.51 Å². The molecule has 2 N–H and O–H groups in total. The Hall–Kier alpha value is 0.100. The average molecular weight is 229 g/mol. The van der Waals surface area contributed by atoms with Gasteiger partial charge in [-0.2, -0.15) is 13.2 Å². The molecule has 1 atom stereocenters. The van der Waals surface area contributed by atoms with Crippen LogP contribution in [0.5, 0.6) is 0 Å². The van der Waals surface area contributed by atoms with Gasteiger partial charge < -0.3 is 5.73 Å². The number of alkyl halides is 3. The molecule has 86 valence electrons. The van der Waals surface area contributed by atoms with E-state index in [1.54, 1.807) is 0 Å². The van der Waals surface area contributed by atoms with Gasteiger partial charge in [-0.25, -0.2) is 0 Å². The molecule has 0 spiro atoms. The molecule has 0 rings (SSSR count). The van der Waals surface area contributed by atoms with Gasteiger partial charge in [-0.1, -0.05) is 32.0 Å². The van der Waals surface area contributed by atoms with Crippen molar-refractivity contribution in [2.45, 2.75) is 44.7 Å². The molecule has 0 aliphatic carbocycles. The van der Waals surface area contributed by atoms with Crippen LogP contribution >= 0.6 is 11.8 Å². The van der Waals surface area contributed by atoms with E-state index >= 15 is 0 Å². The van der Waals surface area contributed by atoms with Crippen LogP contribution in [0, 0.1) is 5.92 Å². The van der Waals surface area contributed by atoms with Gasteiger partial charge in [0, 0.05) is 11.8 Å². The number of unbranched alkanes of at least 4 members (excludes halogenated alkanes) is 1. The first kappa shape index (κ1) is 14.1. The summed E-state index contributed by atoms with van der Waals surface area (Å²) in [6.45, 7) is 4.05. The second-order valence-corrected chi connectivity index (χ2v) is 4.86.